The number of nitriles is 1. The van der Waals surface area contributed by atoms with Crippen LogP contribution in [0.25, 0.3) is 11.2 Å². The molecule has 1 saturated carbocycles. The van der Waals surface area contributed by atoms with Crippen molar-refractivity contribution in [1.82, 2.24) is 19.5 Å². The number of hydrogen-bond donors (Lipinski definition) is 1. The number of hydrogen-bond acceptors (Lipinski definition) is 5. The van der Waals surface area contributed by atoms with E-state index in [2.05, 4.69) is 21.0 Å². The lowest BCUT2D eigenvalue weighted by molar-refractivity contribution is 0.175. The lowest BCUT2D eigenvalue weighted by Gasteiger charge is -2.29. The Bertz CT molecular complexity index is 713. The van der Waals surface area contributed by atoms with Gasteiger partial charge >= 0.3 is 0 Å². The summed E-state index contributed by atoms with van der Waals surface area (Å²) in [6.07, 6.45) is 5.47. The first kappa shape index (κ1) is 15.2. The second-order valence-electron chi connectivity index (χ2n) is 5.90. The first-order valence-corrected chi connectivity index (χ1v) is 7.93. The number of nitrogens with zero attached hydrogens (tertiary/aromatic N) is 5. The van der Waals surface area contributed by atoms with Crippen molar-refractivity contribution in [2.75, 3.05) is 0 Å². The van der Waals surface area contributed by atoms with E-state index in [-0.39, 0.29) is 11.3 Å². The van der Waals surface area contributed by atoms with Crippen LogP contribution in [0.15, 0.2) is 6.20 Å². The zero-order chi connectivity index (χ0) is 15.7. The van der Waals surface area contributed by atoms with Crippen LogP contribution in [0.4, 0.5) is 0 Å². The molecule has 0 aliphatic heterocycles. The Balaban J connectivity index is 1.97. The van der Waals surface area contributed by atoms with Gasteiger partial charge in [0.15, 0.2) is 5.65 Å². The molecule has 2 aromatic rings. The van der Waals surface area contributed by atoms with E-state index in [1.165, 1.54) is 0 Å². The molecule has 0 amide bonds. The number of aliphatic hydroxyl groups is 1. The van der Waals surface area contributed by atoms with Crippen molar-refractivity contribution in [1.29, 1.82) is 5.26 Å². The van der Waals surface area contributed by atoms with Gasteiger partial charge in [0, 0.05) is 12.5 Å². The van der Waals surface area contributed by atoms with Gasteiger partial charge in [0.1, 0.15) is 17.4 Å². The molecular formula is C15H18ClN5O. The summed E-state index contributed by atoms with van der Waals surface area (Å²) in [6, 6.07) is 2.49. The molecule has 1 fully saturated rings. The number of rotatable bonds is 3. The minimum Gasteiger partial charge on any atom is -0.385 e. The third-order valence-electron chi connectivity index (χ3n) is 4.37. The summed E-state index contributed by atoms with van der Waals surface area (Å²) >= 11 is 5.92. The topological polar surface area (TPSA) is 87.6 Å². The summed E-state index contributed by atoms with van der Waals surface area (Å²) < 4.78 is 2.01. The Morgan fingerprint density at radius 2 is 2.14 bits per heavy atom. The van der Waals surface area contributed by atoms with Crippen LogP contribution in [-0.4, -0.2) is 24.6 Å². The molecule has 7 heteroatoms. The van der Waals surface area contributed by atoms with Crippen molar-refractivity contribution >= 4 is 22.8 Å². The fourth-order valence-electron chi connectivity index (χ4n) is 3.28. The summed E-state index contributed by atoms with van der Waals surface area (Å²) in [5, 5.41) is 19.0. The molecule has 2 aromatic heterocycles. The van der Waals surface area contributed by atoms with Gasteiger partial charge < -0.3 is 9.67 Å². The molecule has 0 radical (unpaired) electrons. The van der Waals surface area contributed by atoms with Gasteiger partial charge in [0.2, 0.25) is 5.28 Å². The first-order valence-electron chi connectivity index (χ1n) is 7.55. The van der Waals surface area contributed by atoms with Gasteiger partial charge in [-0.2, -0.15) is 10.2 Å². The molecule has 0 spiro atoms. The van der Waals surface area contributed by atoms with E-state index in [1.54, 1.807) is 13.1 Å². The summed E-state index contributed by atoms with van der Waals surface area (Å²) in [5.41, 5.74) is 1.33. The Kier molecular flexibility index (Phi) is 4.27. The smallest absolute Gasteiger partial charge is 0.224 e. The molecule has 1 atom stereocenters. The van der Waals surface area contributed by atoms with Crippen molar-refractivity contribution < 1.29 is 5.11 Å². The number of aliphatic hydroxyl groups excluding tert-OH is 1. The number of aromatic nitrogens is 4. The molecule has 1 aliphatic carbocycles. The third kappa shape index (κ3) is 2.79. The van der Waals surface area contributed by atoms with Crippen molar-refractivity contribution in [3.63, 3.8) is 0 Å². The molecular weight excluding hydrogens is 302 g/mol. The molecule has 0 saturated heterocycles. The van der Waals surface area contributed by atoms with Crippen molar-refractivity contribution in [2.24, 2.45) is 5.92 Å². The highest BCUT2D eigenvalue weighted by Gasteiger charge is 2.27. The summed E-state index contributed by atoms with van der Waals surface area (Å²) in [4.78, 5) is 12.7. The first-order chi connectivity index (χ1) is 10.6. The zero-order valence-corrected chi connectivity index (χ0v) is 13.2. The maximum absolute atomic E-state index is 10.0. The van der Waals surface area contributed by atoms with E-state index in [4.69, 9.17) is 16.9 Å². The van der Waals surface area contributed by atoms with Crippen LogP contribution in [0.1, 0.15) is 57.0 Å². The number of imidazole rings is 1. The second-order valence-corrected chi connectivity index (χ2v) is 6.24. The third-order valence-corrected chi connectivity index (χ3v) is 4.55. The maximum atomic E-state index is 10.0. The lowest BCUT2D eigenvalue weighted by atomic mass is 9.84. The minimum atomic E-state index is -0.676. The van der Waals surface area contributed by atoms with E-state index >= 15 is 0 Å². The number of fused-ring (bicyclic) bond motifs is 1. The molecule has 0 aromatic carbocycles. The Hall–Kier alpha value is -1.71. The molecule has 6 nitrogen and oxygen atoms in total. The van der Waals surface area contributed by atoms with Gasteiger partial charge in [-0.15, -0.1) is 0 Å². The zero-order valence-electron chi connectivity index (χ0n) is 12.4. The van der Waals surface area contributed by atoms with Gasteiger partial charge in [0.05, 0.1) is 12.3 Å². The SMILES string of the molecule is C[C@@H](O)c1nc2cnc(Cl)nc2n1[C@H]1CC[C@H](CC#N)CC1. The van der Waals surface area contributed by atoms with Gasteiger partial charge in [-0.05, 0) is 50.1 Å². The fraction of sp³-hybridized carbons (Fsp3) is 0.600. The summed E-state index contributed by atoms with van der Waals surface area (Å²) in [7, 11) is 0. The Labute approximate surface area is 133 Å². The highest BCUT2D eigenvalue weighted by atomic mass is 35.5. The van der Waals surface area contributed by atoms with E-state index < -0.39 is 6.10 Å². The quantitative estimate of drug-likeness (QED) is 0.878. The normalized spacial score (nSPS) is 23.4. The average molecular weight is 320 g/mol. The highest BCUT2D eigenvalue weighted by Crippen LogP contribution is 2.37. The predicted molar refractivity (Wildman–Crippen MR) is 82.2 cm³/mol. The van der Waals surface area contributed by atoms with Gasteiger partial charge in [-0.25, -0.2) is 9.97 Å². The van der Waals surface area contributed by atoms with Crippen LogP contribution in [0.2, 0.25) is 5.28 Å². The molecule has 1 N–H and O–H groups in total. The van der Waals surface area contributed by atoms with E-state index in [0.717, 1.165) is 25.7 Å². The molecule has 22 heavy (non-hydrogen) atoms. The fourth-order valence-corrected chi connectivity index (χ4v) is 3.41. The average Bonchev–Trinajstić information content (AvgIpc) is 2.87. The monoisotopic (exact) mass is 319 g/mol. The van der Waals surface area contributed by atoms with Crippen LogP contribution in [-0.2, 0) is 0 Å². The van der Waals surface area contributed by atoms with E-state index in [9.17, 15) is 5.11 Å². The van der Waals surface area contributed by atoms with Crippen molar-refractivity contribution in [3.05, 3.63) is 17.3 Å². The van der Waals surface area contributed by atoms with Crippen LogP contribution in [0, 0.1) is 17.2 Å². The largest absolute Gasteiger partial charge is 0.385 e. The molecule has 0 unspecified atom stereocenters. The minimum absolute atomic E-state index is 0.184. The van der Waals surface area contributed by atoms with Crippen LogP contribution in [0.5, 0.6) is 0 Å². The van der Waals surface area contributed by atoms with E-state index in [1.807, 2.05) is 4.57 Å². The molecule has 116 valence electrons. The standard InChI is InChI=1S/C15H18ClN5O/c1-9(22)13-19-12-8-18-15(16)20-14(12)21(13)11-4-2-10(3-5-11)6-7-17/h8-11,22H,2-6H2,1H3/t9-,10-,11-/m1/s1. The van der Waals surface area contributed by atoms with Crippen LogP contribution < -0.4 is 0 Å². The van der Waals surface area contributed by atoms with Gasteiger partial charge in [-0.3, -0.25) is 0 Å². The Morgan fingerprint density at radius 3 is 2.77 bits per heavy atom. The summed E-state index contributed by atoms with van der Waals surface area (Å²) in [6.45, 7) is 1.70. The molecule has 1 aliphatic rings. The summed E-state index contributed by atoms with van der Waals surface area (Å²) in [5.74, 6) is 1.08. The van der Waals surface area contributed by atoms with Gasteiger partial charge in [-0.1, -0.05) is 0 Å². The lowest BCUT2D eigenvalue weighted by Crippen LogP contribution is -2.21. The van der Waals surface area contributed by atoms with Crippen molar-refractivity contribution in [3.8, 4) is 6.07 Å². The van der Waals surface area contributed by atoms with Gasteiger partial charge in [0.25, 0.3) is 0 Å². The van der Waals surface area contributed by atoms with E-state index in [0.29, 0.717) is 29.3 Å². The number of halogens is 1. The molecule has 3 rings (SSSR count). The predicted octanol–water partition coefficient (Wildman–Crippen LogP) is 3.18. The molecule has 2 heterocycles. The maximum Gasteiger partial charge on any atom is 0.224 e. The Morgan fingerprint density at radius 1 is 1.41 bits per heavy atom. The second kappa shape index (κ2) is 6.19. The van der Waals surface area contributed by atoms with Crippen LogP contribution in [0.3, 0.4) is 0 Å². The van der Waals surface area contributed by atoms with Crippen molar-refractivity contribution in [2.45, 2.75) is 51.2 Å². The molecule has 0 bridgehead atoms. The van der Waals surface area contributed by atoms with Crippen LogP contribution >= 0.6 is 11.6 Å². The highest BCUT2D eigenvalue weighted by molar-refractivity contribution is 6.28.